The molecule has 0 radical (unpaired) electrons. The second-order valence-corrected chi connectivity index (χ2v) is 7.95. The van der Waals surface area contributed by atoms with Gasteiger partial charge in [-0.3, -0.25) is 14.5 Å². The molecule has 0 aliphatic heterocycles. The minimum atomic E-state index is -0.460. The third kappa shape index (κ3) is 3.42. The Bertz CT molecular complexity index is 1490. The molecule has 0 amide bonds. The van der Waals surface area contributed by atoms with Crippen LogP contribution in [0, 0.1) is 0 Å². The molecule has 10 nitrogen and oxygen atoms in total. The highest BCUT2D eigenvalue weighted by molar-refractivity contribution is 9.10. The van der Waals surface area contributed by atoms with Gasteiger partial charge in [-0.05, 0) is 41.9 Å². The van der Waals surface area contributed by atoms with Crippen LogP contribution in [0.1, 0.15) is 19.9 Å². The lowest BCUT2D eigenvalue weighted by molar-refractivity contribution is 0.532. The molecule has 31 heavy (non-hydrogen) atoms. The van der Waals surface area contributed by atoms with E-state index in [1.807, 2.05) is 42.9 Å². The van der Waals surface area contributed by atoms with Gasteiger partial charge in [0.15, 0.2) is 11.5 Å². The summed E-state index contributed by atoms with van der Waals surface area (Å²) in [6.45, 7) is 4.10. The van der Waals surface area contributed by atoms with Crippen molar-refractivity contribution in [2.75, 3.05) is 5.32 Å². The van der Waals surface area contributed by atoms with Gasteiger partial charge >= 0.3 is 0 Å². The van der Waals surface area contributed by atoms with Gasteiger partial charge in [-0.1, -0.05) is 6.07 Å². The van der Waals surface area contributed by atoms with Crippen LogP contribution < -0.4 is 10.9 Å². The summed E-state index contributed by atoms with van der Waals surface area (Å²) >= 11 is 3.55. The average Bonchev–Trinajstić information content (AvgIpc) is 3.36. The number of hydrogen-bond donors (Lipinski definition) is 1. The maximum atomic E-state index is 12.3. The van der Waals surface area contributed by atoms with Crippen LogP contribution in [-0.2, 0) is 0 Å². The number of nitrogens with zero attached hydrogens (tertiary/aromatic N) is 8. The van der Waals surface area contributed by atoms with Crippen molar-refractivity contribution in [3.8, 4) is 11.4 Å². The molecule has 1 N–H and O–H groups in total. The van der Waals surface area contributed by atoms with Gasteiger partial charge in [0.1, 0.15) is 5.69 Å². The number of halogens is 1. The van der Waals surface area contributed by atoms with Crippen LogP contribution in [0.5, 0.6) is 0 Å². The van der Waals surface area contributed by atoms with Crippen LogP contribution in [-0.4, -0.2) is 39.3 Å². The topological polar surface area (TPSA) is 116 Å². The molecule has 4 aromatic heterocycles. The molecule has 0 bridgehead atoms. The van der Waals surface area contributed by atoms with Crippen LogP contribution in [0.4, 0.5) is 11.6 Å². The van der Waals surface area contributed by atoms with Gasteiger partial charge in [0.25, 0.3) is 5.56 Å². The quantitative estimate of drug-likeness (QED) is 0.418. The molecule has 0 aliphatic carbocycles. The predicted molar refractivity (Wildman–Crippen MR) is 119 cm³/mol. The third-order valence-electron chi connectivity index (χ3n) is 4.67. The van der Waals surface area contributed by atoms with Crippen molar-refractivity contribution in [3.05, 3.63) is 64.0 Å². The van der Waals surface area contributed by atoms with Crippen LogP contribution in [0.15, 0.2) is 58.5 Å². The first kappa shape index (κ1) is 19.2. The van der Waals surface area contributed by atoms with Crippen molar-refractivity contribution in [1.29, 1.82) is 0 Å². The summed E-state index contributed by atoms with van der Waals surface area (Å²) in [6, 6.07) is 5.94. The zero-order valence-corrected chi connectivity index (χ0v) is 18.1. The summed E-state index contributed by atoms with van der Waals surface area (Å²) in [4.78, 5) is 29.5. The fraction of sp³-hybridized carbons (Fsp3) is 0.150. The molecule has 11 heteroatoms. The molecule has 0 unspecified atom stereocenters. The zero-order chi connectivity index (χ0) is 21.5. The highest BCUT2D eigenvalue weighted by Gasteiger charge is 2.18. The van der Waals surface area contributed by atoms with Crippen molar-refractivity contribution in [3.63, 3.8) is 0 Å². The van der Waals surface area contributed by atoms with Crippen LogP contribution in [0.3, 0.4) is 0 Å². The largest absolute Gasteiger partial charge is 0.318 e. The van der Waals surface area contributed by atoms with Gasteiger partial charge in [0.05, 0.1) is 23.5 Å². The molecular weight excluding hydrogens is 462 g/mol. The van der Waals surface area contributed by atoms with Gasteiger partial charge in [-0.25, -0.2) is 15.0 Å². The van der Waals surface area contributed by atoms with Crippen LogP contribution >= 0.6 is 15.9 Å². The second-order valence-electron chi connectivity index (χ2n) is 7.09. The van der Waals surface area contributed by atoms with E-state index in [1.54, 1.807) is 10.7 Å². The number of rotatable bonds is 4. The number of para-hydroxylation sites is 1. The van der Waals surface area contributed by atoms with Crippen LogP contribution in [0.25, 0.3) is 27.9 Å². The summed E-state index contributed by atoms with van der Waals surface area (Å²) in [5.41, 5.74) is 1.77. The Morgan fingerprint density at radius 1 is 1.13 bits per heavy atom. The minimum Gasteiger partial charge on any atom is -0.318 e. The maximum Gasteiger partial charge on any atom is 0.295 e. The molecule has 0 fully saturated rings. The highest BCUT2D eigenvalue weighted by atomic mass is 79.9. The predicted octanol–water partition coefficient (Wildman–Crippen LogP) is 3.38. The zero-order valence-electron chi connectivity index (χ0n) is 16.6. The molecule has 5 aromatic rings. The van der Waals surface area contributed by atoms with Crippen molar-refractivity contribution < 1.29 is 0 Å². The van der Waals surface area contributed by atoms with Crippen LogP contribution in [0.2, 0.25) is 0 Å². The Morgan fingerprint density at radius 2 is 2.00 bits per heavy atom. The van der Waals surface area contributed by atoms with E-state index in [2.05, 4.69) is 46.4 Å². The molecule has 0 atom stereocenters. The third-order valence-corrected chi connectivity index (χ3v) is 5.31. The molecule has 4 heterocycles. The van der Waals surface area contributed by atoms with Crippen molar-refractivity contribution in [2.45, 2.75) is 19.9 Å². The molecular formula is C20H16BrN9O. The lowest BCUT2D eigenvalue weighted by atomic mass is 10.2. The van der Waals surface area contributed by atoms with Crippen molar-refractivity contribution in [2.24, 2.45) is 0 Å². The normalized spacial score (nSPS) is 11.5. The van der Waals surface area contributed by atoms with E-state index >= 15 is 0 Å². The molecule has 1 aromatic carbocycles. The Balaban J connectivity index is 1.75. The Labute approximate surface area is 184 Å². The van der Waals surface area contributed by atoms with Crippen molar-refractivity contribution in [1.82, 2.24) is 39.3 Å². The summed E-state index contributed by atoms with van der Waals surface area (Å²) in [7, 11) is 0. The highest BCUT2D eigenvalue weighted by Crippen LogP contribution is 2.29. The number of aromatic nitrogens is 8. The smallest absolute Gasteiger partial charge is 0.295 e. The maximum absolute atomic E-state index is 12.3. The summed E-state index contributed by atoms with van der Waals surface area (Å²) in [6.07, 6.45) is 7.81. The molecule has 0 spiro atoms. The standard InChI is InChI=1S/C20H16BrN9O/c1-11(2)29-10-12(8-24-29)17-27-18-13-4-3-5-14(21)16(13)26-20(30(18)28-17)25-15-9-22-6-7-23-19(15)31/h3-11H,1-2H3,(H,23,25,26,31). The Morgan fingerprint density at radius 3 is 2.81 bits per heavy atom. The number of nitrogens with one attached hydrogen (secondary N) is 1. The fourth-order valence-electron chi connectivity index (χ4n) is 3.12. The molecule has 0 saturated heterocycles. The van der Waals surface area contributed by atoms with E-state index in [0.29, 0.717) is 22.9 Å². The lowest BCUT2D eigenvalue weighted by Gasteiger charge is -2.08. The SMILES string of the molecule is CC(C)n1cc(-c2nc3c4cccc(Br)c4nc(Nc4cnccnc4=O)n3n2)cn1. The van der Waals surface area contributed by atoms with E-state index in [4.69, 9.17) is 4.98 Å². The lowest BCUT2D eigenvalue weighted by Crippen LogP contribution is -2.12. The molecule has 0 saturated carbocycles. The van der Waals surface area contributed by atoms with E-state index in [1.165, 1.54) is 18.6 Å². The van der Waals surface area contributed by atoms with E-state index < -0.39 is 5.56 Å². The summed E-state index contributed by atoms with van der Waals surface area (Å²) in [5, 5.41) is 12.8. The Kier molecular flexibility index (Phi) is 4.66. The van der Waals surface area contributed by atoms with Crippen molar-refractivity contribution >= 4 is 44.1 Å². The van der Waals surface area contributed by atoms with E-state index in [-0.39, 0.29) is 11.7 Å². The molecule has 5 rings (SSSR count). The monoisotopic (exact) mass is 477 g/mol. The molecule has 0 aliphatic rings. The first-order chi connectivity index (χ1) is 15.0. The number of hydrogen-bond acceptors (Lipinski definition) is 8. The number of benzene rings is 1. The average molecular weight is 478 g/mol. The number of anilines is 2. The fourth-order valence-corrected chi connectivity index (χ4v) is 3.58. The van der Waals surface area contributed by atoms with E-state index in [9.17, 15) is 4.79 Å². The second kappa shape index (κ2) is 7.51. The first-order valence-corrected chi connectivity index (χ1v) is 10.3. The number of fused-ring (bicyclic) bond motifs is 3. The minimum absolute atomic E-state index is 0.176. The van der Waals surface area contributed by atoms with Gasteiger partial charge in [-0.15, -0.1) is 5.10 Å². The molecule has 154 valence electrons. The van der Waals surface area contributed by atoms with Gasteiger partial charge in [0.2, 0.25) is 5.95 Å². The summed E-state index contributed by atoms with van der Waals surface area (Å²) in [5.74, 6) is 0.817. The van der Waals surface area contributed by atoms with Gasteiger partial charge < -0.3 is 5.32 Å². The van der Waals surface area contributed by atoms with E-state index in [0.717, 1.165) is 15.4 Å². The van der Waals surface area contributed by atoms with Gasteiger partial charge in [0, 0.05) is 34.5 Å². The first-order valence-electron chi connectivity index (χ1n) is 9.48. The Hall–Kier alpha value is -3.73. The van der Waals surface area contributed by atoms with Gasteiger partial charge in [-0.2, -0.15) is 9.61 Å². The summed E-state index contributed by atoms with van der Waals surface area (Å²) < 4.78 is 4.21.